The maximum Gasteiger partial charge on any atom is 0.253 e. The first-order chi connectivity index (χ1) is 14.0. The number of nitrogens with zero attached hydrogens (tertiary/aromatic N) is 2. The molecule has 1 fully saturated rings. The van der Waals surface area contributed by atoms with Gasteiger partial charge in [-0.1, -0.05) is 19.8 Å². The Morgan fingerprint density at radius 2 is 1.55 bits per heavy atom. The minimum atomic E-state index is -0.250. The normalized spacial score (nSPS) is 17.3. The lowest BCUT2D eigenvalue weighted by Gasteiger charge is -2.30. The SMILES string of the molecule is CC1CCN(C(=O)CCCCCNC(=O)CCCCCN2C(=O)C=CC2=O)CC1. The average molecular weight is 406 g/mol. The highest BCUT2D eigenvalue weighted by Crippen LogP contribution is 2.17. The van der Waals surface area contributed by atoms with Gasteiger partial charge in [0.1, 0.15) is 0 Å². The number of carbonyl (C=O) groups is 4. The van der Waals surface area contributed by atoms with Gasteiger partial charge >= 0.3 is 0 Å². The number of rotatable bonds is 12. The van der Waals surface area contributed by atoms with E-state index in [1.54, 1.807) is 0 Å². The van der Waals surface area contributed by atoms with Gasteiger partial charge in [-0.15, -0.1) is 0 Å². The van der Waals surface area contributed by atoms with Crippen LogP contribution in [0.4, 0.5) is 0 Å². The first-order valence-corrected chi connectivity index (χ1v) is 11.1. The summed E-state index contributed by atoms with van der Waals surface area (Å²) in [5, 5.41) is 2.92. The largest absolute Gasteiger partial charge is 0.356 e. The number of imide groups is 1. The average Bonchev–Trinajstić information content (AvgIpc) is 3.02. The first kappa shape index (κ1) is 23.1. The van der Waals surface area contributed by atoms with Crippen LogP contribution < -0.4 is 5.32 Å². The molecule has 0 bridgehead atoms. The highest BCUT2D eigenvalue weighted by Gasteiger charge is 2.22. The van der Waals surface area contributed by atoms with E-state index in [0.29, 0.717) is 25.9 Å². The van der Waals surface area contributed by atoms with Crippen molar-refractivity contribution >= 4 is 23.6 Å². The molecule has 0 radical (unpaired) electrons. The van der Waals surface area contributed by atoms with Gasteiger partial charge in [0.15, 0.2) is 0 Å². The fourth-order valence-corrected chi connectivity index (χ4v) is 3.69. The fourth-order valence-electron chi connectivity index (χ4n) is 3.69. The summed E-state index contributed by atoms with van der Waals surface area (Å²) in [5.74, 6) is 0.547. The Morgan fingerprint density at radius 1 is 0.931 bits per heavy atom. The van der Waals surface area contributed by atoms with Crippen LogP contribution in [0.25, 0.3) is 0 Å². The zero-order valence-corrected chi connectivity index (χ0v) is 17.7. The van der Waals surface area contributed by atoms with Gasteiger partial charge in [0.2, 0.25) is 11.8 Å². The minimum Gasteiger partial charge on any atom is -0.356 e. The van der Waals surface area contributed by atoms with E-state index in [1.807, 2.05) is 4.90 Å². The van der Waals surface area contributed by atoms with E-state index >= 15 is 0 Å². The molecule has 0 aromatic carbocycles. The molecule has 2 rings (SSSR count). The summed E-state index contributed by atoms with van der Waals surface area (Å²) in [6, 6.07) is 0. The zero-order valence-electron chi connectivity index (χ0n) is 17.7. The maximum atomic E-state index is 12.1. The number of hydrogen-bond acceptors (Lipinski definition) is 4. The topological polar surface area (TPSA) is 86.8 Å². The van der Waals surface area contributed by atoms with Crippen LogP contribution in [-0.2, 0) is 19.2 Å². The lowest BCUT2D eigenvalue weighted by Crippen LogP contribution is -2.37. The quantitative estimate of drug-likeness (QED) is 0.399. The molecule has 2 aliphatic rings. The molecule has 0 aromatic rings. The Labute approximate surface area is 173 Å². The Bertz CT molecular complexity index is 591. The molecule has 0 atom stereocenters. The predicted octanol–water partition coefficient (Wildman–Crippen LogP) is 2.41. The van der Waals surface area contributed by atoms with Crippen LogP contribution in [0.2, 0.25) is 0 Å². The van der Waals surface area contributed by atoms with Crippen LogP contribution in [0.5, 0.6) is 0 Å². The minimum absolute atomic E-state index is 0.0403. The molecule has 0 aliphatic carbocycles. The Hall–Kier alpha value is -2.18. The summed E-state index contributed by atoms with van der Waals surface area (Å²) in [6.07, 6.45) is 10.9. The Balaban J connectivity index is 1.39. The van der Waals surface area contributed by atoms with E-state index in [-0.39, 0.29) is 23.6 Å². The molecule has 29 heavy (non-hydrogen) atoms. The molecule has 1 N–H and O–H groups in total. The predicted molar refractivity (Wildman–Crippen MR) is 111 cm³/mol. The lowest BCUT2D eigenvalue weighted by atomic mass is 9.99. The monoisotopic (exact) mass is 405 g/mol. The van der Waals surface area contributed by atoms with Gasteiger partial charge < -0.3 is 10.2 Å². The van der Waals surface area contributed by atoms with Gasteiger partial charge in [0.05, 0.1) is 0 Å². The molecule has 7 heteroatoms. The van der Waals surface area contributed by atoms with Crippen molar-refractivity contribution in [3.8, 4) is 0 Å². The van der Waals surface area contributed by atoms with Gasteiger partial charge in [0.25, 0.3) is 11.8 Å². The standard InChI is InChI=1S/C22H35N3O4/c1-18-12-16-24(17-13-18)20(27)9-5-2-6-14-23-19(26)8-4-3-7-15-25-21(28)10-11-22(25)29/h10-11,18H,2-9,12-17H2,1H3,(H,23,26). The molecular weight excluding hydrogens is 370 g/mol. The third-order valence-corrected chi connectivity index (χ3v) is 5.71. The van der Waals surface area contributed by atoms with E-state index in [0.717, 1.165) is 70.4 Å². The molecule has 0 aromatic heterocycles. The summed E-state index contributed by atoms with van der Waals surface area (Å²) in [5.41, 5.74) is 0. The van der Waals surface area contributed by atoms with E-state index < -0.39 is 0 Å². The molecule has 2 aliphatic heterocycles. The van der Waals surface area contributed by atoms with Crippen molar-refractivity contribution in [1.82, 2.24) is 15.1 Å². The third kappa shape index (κ3) is 8.38. The van der Waals surface area contributed by atoms with E-state index in [2.05, 4.69) is 12.2 Å². The summed E-state index contributed by atoms with van der Waals surface area (Å²) in [7, 11) is 0. The van der Waals surface area contributed by atoms with Crippen LogP contribution in [0.15, 0.2) is 12.2 Å². The number of piperidine rings is 1. The number of nitrogens with one attached hydrogen (secondary N) is 1. The molecule has 7 nitrogen and oxygen atoms in total. The van der Waals surface area contributed by atoms with Crippen molar-refractivity contribution in [1.29, 1.82) is 0 Å². The molecule has 0 saturated carbocycles. The van der Waals surface area contributed by atoms with Crippen LogP contribution in [0, 0.1) is 5.92 Å². The van der Waals surface area contributed by atoms with Gasteiger partial charge in [-0.3, -0.25) is 24.1 Å². The van der Waals surface area contributed by atoms with Crippen molar-refractivity contribution in [2.45, 2.75) is 71.1 Å². The van der Waals surface area contributed by atoms with Crippen molar-refractivity contribution in [3.63, 3.8) is 0 Å². The second kappa shape index (κ2) is 12.4. The lowest BCUT2D eigenvalue weighted by molar-refractivity contribution is -0.137. The smallest absolute Gasteiger partial charge is 0.253 e. The van der Waals surface area contributed by atoms with Crippen LogP contribution in [0.3, 0.4) is 0 Å². The van der Waals surface area contributed by atoms with E-state index in [1.165, 1.54) is 17.1 Å². The number of likely N-dealkylation sites (tertiary alicyclic amines) is 1. The molecule has 2 heterocycles. The van der Waals surface area contributed by atoms with Crippen molar-refractivity contribution in [2.24, 2.45) is 5.92 Å². The summed E-state index contributed by atoms with van der Waals surface area (Å²) < 4.78 is 0. The van der Waals surface area contributed by atoms with Gasteiger partial charge in [-0.25, -0.2) is 0 Å². The highest BCUT2D eigenvalue weighted by atomic mass is 16.2. The molecule has 0 unspecified atom stereocenters. The van der Waals surface area contributed by atoms with Gasteiger partial charge in [-0.05, 0) is 44.4 Å². The summed E-state index contributed by atoms with van der Waals surface area (Å²) >= 11 is 0. The Morgan fingerprint density at radius 3 is 2.24 bits per heavy atom. The van der Waals surface area contributed by atoms with Crippen LogP contribution in [-0.4, -0.2) is 59.6 Å². The fraction of sp³-hybridized carbons (Fsp3) is 0.727. The van der Waals surface area contributed by atoms with Crippen molar-refractivity contribution in [2.75, 3.05) is 26.2 Å². The second-order valence-electron chi connectivity index (χ2n) is 8.20. The molecule has 4 amide bonds. The zero-order chi connectivity index (χ0) is 21.1. The third-order valence-electron chi connectivity index (χ3n) is 5.71. The molecule has 162 valence electrons. The van der Waals surface area contributed by atoms with Crippen LogP contribution >= 0.6 is 0 Å². The first-order valence-electron chi connectivity index (χ1n) is 11.1. The molecule has 0 spiro atoms. The van der Waals surface area contributed by atoms with E-state index in [9.17, 15) is 19.2 Å². The summed E-state index contributed by atoms with van der Waals surface area (Å²) in [4.78, 5) is 50.0. The number of hydrogen-bond donors (Lipinski definition) is 1. The second-order valence-corrected chi connectivity index (χ2v) is 8.20. The van der Waals surface area contributed by atoms with E-state index in [4.69, 9.17) is 0 Å². The highest BCUT2D eigenvalue weighted by molar-refractivity contribution is 6.12. The molecular formula is C22H35N3O4. The van der Waals surface area contributed by atoms with Gasteiger partial charge in [-0.2, -0.15) is 0 Å². The number of amides is 4. The van der Waals surface area contributed by atoms with Crippen molar-refractivity contribution in [3.05, 3.63) is 12.2 Å². The maximum absolute atomic E-state index is 12.1. The van der Waals surface area contributed by atoms with Crippen LogP contribution in [0.1, 0.15) is 71.1 Å². The number of carbonyl (C=O) groups excluding carboxylic acids is 4. The summed E-state index contributed by atoms with van der Waals surface area (Å²) in [6.45, 7) is 5.11. The Kier molecular flexibility index (Phi) is 9.88. The number of unbranched alkanes of at least 4 members (excludes halogenated alkanes) is 4. The van der Waals surface area contributed by atoms with Crippen molar-refractivity contribution < 1.29 is 19.2 Å². The molecule has 1 saturated heterocycles. The van der Waals surface area contributed by atoms with Gasteiger partial charge in [0, 0.05) is 51.2 Å².